The second-order valence-corrected chi connectivity index (χ2v) is 4.90. The molecule has 15 heavy (non-hydrogen) atoms. The number of hydrogen-bond acceptors (Lipinski definition) is 3. The number of carbonyl (C=O) groups excluding carboxylic acids is 1. The molecule has 2 atom stereocenters. The summed E-state index contributed by atoms with van der Waals surface area (Å²) >= 11 is 0. The van der Waals surface area contributed by atoms with Crippen molar-refractivity contribution in [1.82, 2.24) is 0 Å². The Kier molecular flexibility index (Phi) is 1.93. The van der Waals surface area contributed by atoms with Crippen molar-refractivity contribution >= 4 is 5.97 Å². The topological polar surface area (TPSA) is 35.5 Å². The summed E-state index contributed by atoms with van der Waals surface area (Å²) < 4.78 is 11.4. The molecule has 0 aromatic carbocycles. The Labute approximate surface area is 89.4 Å². The highest BCUT2D eigenvalue weighted by Crippen LogP contribution is 2.47. The first-order chi connectivity index (χ1) is 7.20. The van der Waals surface area contributed by atoms with Crippen molar-refractivity contribution in [2.75, 3.05) is 0 Å². The van der Waals surface area contributed by atoms with Gasteiger partial charge in [0.05, 0.1) is 12.0 Å². The summed E-state index contributed by atoms with van der Waals surface area (Å²) in [4.78, 5) is 11.7. The van der Waals surface area contributed by atoms with E-state index < -0.39 is 5.79 Å². The molecule has 0 N–H and O–H groups in total. The maximum Gasteiger partial charge on any atom is 0.314 e. The zero-order valence-electron chi connectivity index (χ0n) is 8.83. The Bertz CT molecular complexity index is 315. The molecule has 82 valence electrons. The molecular weight excluding hydrogens is 192 g/mol. The molecule has 1 saturated heterocycles. The van der Waals surface area contributed by atoms with Crippen molar-refractivity contribution in [3.8, 4) is 0 Å². The molecule has 0 bridgehead atoms. The van der Waals surface area contributed by atoms with Crippen molar-refractivity contribution in [1.29, 1.82) is 0 Å². The van der Waals surface area contributed by atoms with Crippen LogP contribution in [0, 0.1) is 5.92 Å². The smallest absolute Gasteiger partial charge is 0.314 e. The highest BCUT2D eigenvalue weighted by molar-refractivity contribution is 5.77. The summed E-state index contributed by atoms with van der Waals surface area (Å²) in [6.07, 6.45) is 5.82. The summed E-state index contributed by atoms with van der Waals surface area (Å²) in [5, 5.41) is 0. The van der Waals surface area contributed by atoms with E-state index in [0.29, 0.717) is 0 Å². The molecule has 1 aliphatic heterocycles. The van der Waals surface area contributed by atoms with Crippen LogP contribution in [0.5, 0.6) is 0 Å². The van der Waals surface area contributed by atoms with Gasteiger partial charge in [0.2, 0.25) is 5.79 Å². The lowest BCUT2D eigenvalue weighted by molar-refractivity contribution is -0.300. The summed E-state index contributed by atoms with van der Waals surface area (Å²) in [5.74, 6) is -0.731. The predicted octanol–water partition coefficient (Wildman–Crippen LogP) is 2.16. The lowest BCUT2D eigenvalue weighted by atomic mass is 9.76. The van der Waals surface area contributed by atoms with Crippen LogP contribution in [0.2, 0.25) is 0 Å². The molecule has 3 fully saturated rings. The fraction of sp³-hybridized carbons (Fsp3) is 0.750. The van der Waals surface area contributed by atoms with Gasteiger partial charge in [-0.05, 0) is 24.8 Å². The molecule has 3 aliphatic rings. The molecule has 2 saturated carbocycles. The van der Waals surface area contributed by atoms with Gasteiger partial charge in [0.1, 0.15) is 0 Å². The SMILES string of the molecule is C=C1C[C@H]2C(=O)OC3(CCCCC3)O[C@@H]12. The van der Waals surface area contributed by atoms with Gasteiger partial charge in [-0.3, -0.25) is 4.79 Å². The molecule has 0 amide bonds. The molecule has 3 heteroatoms. The minimum Gasteiger partial charge on any atom is -0.433 e. The van der Waals surface area contributed by atoms with Crippen LogP contribution in [-0.2, 0) is 14.3 Å². The number of esters is 1. The van der Waals surface area contributed by atoms with E-state index in [2.05, 4.69) is 6.58 Å². The Morgan fingerprint density at radius 2 is 2.00 bits per heavy atom. The normalized spacial score (nSPS) is 38.1. The monoisotopic (exact) mass is 208 g/mol. The van der Waals surface area contributed by atoms with Crippen LogP contribution in [0.3, 0.4) is 0 Å². The predicted molar refractivity (Wildman–Crippen MR) is 54.0 cm³/mol. The van der Waals surface area contributed by atoms with Gasteiger partial charge >= 0.3 is 5.97 Å². The van der Waals surface area contributed by atoms with Gasteiger partial charge in [-0.15, -0.1) is 0 Å². The van der Waals surface area contributed by atoms with E-state index in [9.17, 15) is 4.79 Å². The van der Waals surface area contributed by atoms with Crippen LogP contribution >= 0.6 is 0 Å². The Hall–Kier alpha value is -0.830. The molecule has 0 aromatic heterocycles. The van der Waals surface area contributed by atoms with Gasteiger partial charge in [-0.1, -0.05) is 13.0 Å². The quantitative estimate of drug-likeness (QED) is 0.452. The van der Waals surface area contributed by atoms with E-state index in [1.165, 1.54) is 6.42 Å². The Morgan fingerprint density at radius 3 is 2.67 bits per heavy atom. The van der Waals surface area contributed by atoms with Gasteiger partial charge in [0.15, 0.2) is 0 Å². The summed E-state index contributed by atoms with van der Waals surface area (Å²) in [5.41, 5.74) is 1.06. The molecule has 0 aromatic rings. The van der Waals surface area contributed by atoms with E-state index in [1.54, 1.807) is 0 Å². The second-order valence-electron chi connectivity index (χ2n) is 4.90. The molecular formula is C12H16O3. The number of hydrogen-bond donors (Lipinski definition) is 0. The average molecular weight is 208 g/mol. The number of ether oxygens (including phenoxy) is 2. The highest BCUT2D eigenvalue weighted by atomic mass is 16.7. The van der Waals surface area contributed by atoms with Crippen LogP contribution in [0.15, 0.2) is 12.2 Å². The van der Waals surface area contributed by atoms with Crippen molar-refractivity contribution in [3.63, 3.8) is 0 Å². The zero-order chi connectivity index (χ0) is 10.5. The van der Waals surface area contributed by atoms with E-state index in [4.69, 9.17) is 9.47 Å². The number of rotatable bonds is 0. The van der Waals surface area contributed by atoms with Gasteiger partial charge in [-0.2, -0.15) is 0 Å². The highest BCUT2D eigenvalue weighted by Gasteiger charge is 2.54. The third kappa shape index (κ3) is 1.33. The van der Waals surface area contributed by atoms with Crippen molar-refractivity contribution in [3.05, 3.63) is 12.2 Å². The average Bonchev–Trinajstić information content (AvgIpc) is 2.23. The Morgan fingerprint density at radius 1 is 1.27 bits per heavy atom. The fourth-order valence-electron chi connectivity index (χ4n) is 2.83. The molecule has 2 aliphatic carbocycles. The molecule has 1 spiro atoms. The lowest BCUT2D eigenvalue weighted by Gasteiger charge is -2.50. The molecule has 3 rings (SSSR count). The van der Waals surface area contributed by atoms with Crippen molar-refractivity contribution in [2.45, 2.75) is 50.4 Å². The van der Waals surface area contributed by atoms with Crippen molar-refractivity contribution in [2.24, 2.45) is 5.92 Å². The van der Waals surface area contributed by atoms with Gasteiger partial charge in [0.25, 0.3) is 0 Å². The van der Waals surface area contributed by atoms with E-state index in [1.807, 2.05) is 0 Å². The maximum absolute atomic E-state index is 11.7. The Balaban J connectivity index is 1.81. The first-order valence-corrected chi connectivity index (χ1v) is 5.79. The van der Waals surface area contributed by atoms with Gasteiger partial charge in [0, 0.05) is 12.8 Å². The van der Waals surface area contributed by atoms with Crippen molar-refractivity contribution < 1.29 is 14.3 Å². The van der Waals surface area contributed by atoms with Crippen LogP contribution in [-0.4, -0.2) is 17.9 Å². The standard InChI is InChI=1S/C12H16O3/c1-8-7-9-10(8)14-12(15-11(9)13)5-3-2-4-6-12/h9-10H,1-7H2/t9-,10+/m1/s1. The molecule has 3 nitrogen and oxygen atoms in total. The molecule has 0 radical (unpaired) electrons. The summed E-state index contributed by atoms with van der Waals surface area (Å²) in [7, 11) is 0. The zero-order valence-corrected chi connectivity index (χ0v) is 8.83. The minimum atomic E-state index is -0.597. The first-order valence-electron chi connectivity index (χ1n) is 5.79. The van der Waals surface area contributed by atoms with Crippen LogP contribution < -0.4 is 0 Å². The molecule has 0 unspecified atom stereocenters. The van der Waals surface area contributed by atoms with Crippen LogP contribution in [0.1, 0.15) is 38.5 Å². The summed E-state index contributed by atoms with van der Waals surface area (Å²) in [6, 6.07) is 0. The van der Waals surface area contributed by atoms with Gasteiger partial charge < -0.3 is 9.47 Å². The fourth-order valence-corrected chi connectivity index (χ4v) is 2.83. The van der Waals surface area contributed by atoms with Crippen LogP contribution in [0.25, 0.3) is 0 Å². The van der Waals surface area contributed by atoms with E-state index >= 15 is 0 Å². The minimum absolute atomic E-state index is 0.0515. The molecule has 1 heterocycles. The second kappa shape index (κ2) is 3.08. The van der Waals surface area contributed by atoms with E-state index in [0.717, 1.165) is 37.7 Å². The number of fused-ring (bicyclic) bond motifs is 1. The third-order valence-corrected chi connectivity index (χ3v) is 3.80. The lowest BCUT2D eigenvalue weighted by Crippen LogP contribution is -2.57. The maximum atomic E-state index is 11.7. The van der Waals surface area contributed by atoms with Crippen LogP contribution in [0.4, 0.5) is 0 Å². The summed E-state index contributed by atoms with van der Waals surface area (Å²) in [6.45, 7) is 3.92. The largest absolute Gasteiger partial charge is 0.433 e. The number of carbonyl (C=O) groups is 1. The van der Waals surface area contributed by atoms with E-state index in [-0.39, 0.29) is 18.0 Å². The third-order valence-electron chi connectivity index (χ3n) is 3.80. The van der Waals surface area contributed by atoms with Gasteiger partial charge in [-0.25, -0.2) is 0 Å². The first kappa shape index (κ1) is 9.40.